The zero-order chi connectivity index (χ0) is 14.0. The van der Waals surface area contributed by atoms with E-state index in [1.54, 1.807) is 11.3 Å². The van der Waals surface area contributed by atoms with Crippen LogP contribution in [0, 0.1) is 6.92 Å². The number of carbonyl (C=O) groups is 1. The summed E-state index contributed by atoms with van der Waals surface area (Å²) in [5.41, 5.74) is 0.0497. The van der Waals surface area contributed by atoms with Gasteiger partial charge in [0, 0.05) is 16.0 Å². The van der Waals surface area contributed by atoms with Crippen LogP contribution in [0.3, 0.4) is 0 Å². The molecule has 2 heterocycles. The number of nitrogens with zero attached hydrogens (tertiary/aromatic N) is 1. The van der Waals surface area contributed by atoms with Crippen molar-refractivity contribution in [3.05, 3.63) is 44.7 Å². The Morgan fingerprint density at radius 2 is 2.26 bits per heavy atom. The maximum absolute atomic E-state index is 11.0. The predicted molar refractivity (Wildman–Crippen MR) is 77.3 cm³/mol. The molecule has 1 atom stereocenters. The molecule has 2 aromatic heterocycles. The van der Waals surface area contributed by atoms with Gasteiger partial charge in [-0.1, -0.05) is 11.6 Å². The lowest BCUT2D eigenvalue weighted by atomic mass is 10.2. The summed E-state index contributed by atoms with van der Waals surface area (Å²) in [5, 5.41) is 12.3. The summed E-state index contributed by atoms with van der Waals surface area (Å²) >= 11 is 7.48. The van der Waals surface area contributed by atoms with E-state index in [-0.39, 0.29) is 16.6 Å². The standard InChI is InChI=1S/C13H13ClN2O2S/c1-7-3-4-11(19-7)8(2)16-12-5-9(13(17)18)10(14)6-15-12/h3-6,8H,1-2H3,(H,15,16)(H,17,18). The van der Waals surface area contributed by atoms with Crippen LogP contribution in [0.5, 0.6) is 0 Å². The van der Waals surface area contributed by atoms with Gasteiger partial charge >= 0.3 is 5.97 Å². The monoisotopic (exact) mass is 296 g/mol. The van der Waals surface area contributed by atoms with Gasteiger partial charge in [-0.05, 0) is 32.0 Å². The number of hydrogen-bond donors (Lipinski definition) is 2. The highest BCUT2D eigenvalue weighted by Crippen LogP contribution is 2.26. The average molecular weight is 297 g/mol. The average Bonchev–Trinajstić information content (AvgIpc) is 2.78. The predicted octanol–water partition coefficient (Wildman–Crippen LogP) is 3.98. The molecule has 0 aromatic carbocycles. The number of hydrogen-bond acceptors (Lipinski definition) is 4. The highest BCUT2D eigenvalue weighted by molar-refractivity contribution is 7.12. The SMILES string of the molecule is Cc1ccc(C(C)Nc2cc(C(=O)O)c(Cl)cn2)s1. The number of aromatic carboxylic acids is 1. The molecular weight excluding hydrogens is 284 g/mol. The summed E-state index contributed by atoms with van der Waals surface area (Å²) in [7, 11) is 0. The fraction of sp³-hybridized carbons (Fsp3) is 0.231. The number of nitrogens with one attached hydrogen (secondary N) is 1. The molecule has 0 amide bonds. The molecule has 0 aliphatic heterocycles. The maximum Gasteiger partial charge on any atom is 0.337 e. The molecule has 19 heavy (non-hydrogen) atoms. The molecule has 4 nitrogen and oxygen atoms in total. The zero-order valence-electron chi connectivity index (χ0n) is 10.5. The summed E-state index contributed by atoms with van der Waals surface area (Å²) in [6.45, 7) is 4.05. The fourth-order valence-electron chi connectivity index (χ4n) is 1.66. The van der Waals surface area contributed by atoms with Crippen LogP contribution in [-0.4, -0.2) is 16.1 Å². The molecule has 1 unspecified atom stereocenters. The van der Waals surface area contributed by atoms with E-state index in [4.69, 9.17) is 16.7 Å². The van der Waals surface area contributed by atoms with Crippen molar-refractivity contribution in [2.24, 2.45) is 0 Å². The van der Waals surface area contributed by atoms with Crippen LogP contribution in [0.25, 0.3) is 0 Å². The first-order valence-corrected chi connectivity index (χ1v) is 6.88. The second-order valence-electron chi connectivity index (χ2n) is 4.17. The van der Waals surface area contributed by atoms with Crippen molar-refractivity contribution in [3.8, 4) is 0 Å². The number of thiophene rings is 1. The minimum absolute atomic E-state index is 0.0497. The van der Waals surface area contributed by atoms with Crippen LogP contribution in [0.1, 0.15) is 33.1 Å². The fourth-order valence-corrected chi connectivity index (χ4v) is 2.72. The number of carboxylic acid groups (broad SMARTS) is 1. The summed E-state index contributed by atoms with van der Waals surface area (Å²) in [5.74, 6) is -0.560. The van der Waals surface area contributed by atoms with Gasteiger partial charge in [0.05, 0.1) is 16.6 Å². The molecule has 0 saturated carbocycles. The number of anilines is 1. The summed E-state index contributed by atoms with van der Waals surface area (Å²) in [6, 6.07) is 5.61. The van der Waals surface area contributed by atoms with Crippen molar-refractivity contribution in [2.45, 2.75) is 19.9 Å². The van der Waals surface area contributed by atoms with Gasteiger partial charge in [-0.15, -0.1) is 11.3 Å². The summed E-state index contributed by atoms with van der Waals surface area (Å²) in [6.07, 6.45) is 1.35. The van der Waals surface area contributed by atoms with Crippen LogP contribution in [-0.2, 0) is 0 Å². The number of aromatic nitrogens is 1. The van der Waals surface area contributed by atoms with E-state index in [1.807, 2.05) is 19.9 Å². The first-order valence-electron chi connectivity index (χ1n) is 5.69. The molecule has 0 saturated heterocycles. The lowest BCUT2D eigenvalue weighted by molar-refractivity contribution is 0.0697. The number of aryl methyl sites for hydroxylation is 1. The molecule has 0 spiro atoms. The molecule has 6 heteroatoms. The Labute approximate surface area is 120 Å². The second kappa shape index (κ2) is 5.59. The lowest BCUT2D eigenvalue weighted by Gasteiger charge is -2.13. The molecule has 0 radical (unpaired) electrons. The Kier molecular flexibility index (Phi) is 4.07. The Bertz CT molecular complexity index is 612. The largest absolute Gasteiger partial charge is 0.478 e. The van der Waals surface area contributed by atoms with Crippen molar-refractivity contribution >= 4 is 34.7 Å². The van der Waals surface area contributed by atoms with Crippen LogP contribution in [0.2, 0.25) is 5.02 Å². The van der Waals surface area contributed by atoms with Crippen molar-refractivity contribution < 1.29 is 9.90 Å². The quantitative estimate of drug-likeness (QED) is 0.896. The lowest BCUT2D eigenvalue weighted by Crippen LogP contribution is -2.08. The third-order valence-corrected chi connectivity index (χ3v) is 4.12. The molecule has 2 rings (SSSR count). The van der Waals surface area contributed by atoms with E-state index in [2.05, 4.69) is 16.4 Å². The van der Waals surface area contributed by atoms with Crippen molar-refractivity contribution in [3.63, 3.8) is 0 Å². The molecule has 100 valence electrons. The van der Waals surface area contributed by atoms with Gasteiger partial charge in [-0.3, -0.25) is 0 Å². The third kappa shape index (κ3) is 3.24. The third-order valence-electron chi connectivity index (χ3n) is 2.64. The minimum atomic E-state index is -1.06. The van der Waals surface area contributed by atoms with Crippen molar-refractivity contribution in [1.82, 2.24) is 4.98 Å². The molecule has 0 bridgehead atoms. The summed E-state index contributed by atoms with van der Waals surface area (Å²) < 4.78 is 0. The molecule has 0 fully saturated rings. The van der Waals surface area contributed by atoms with E-state index in [9.17, 15) is 4.79 Å². The number of pyridine rings is 1. The second-order valence-corrected chi connectivity index (χ2v) is 5.90. The molecule has 2 aromatic rings. The highest BCUT2D eigenvalue weighted by atomic mass is 35.5. The van der Waals surface area contributed by atoms with E-state index in [0.29, 0.717) is 5.82 Å². The van der Waals surface area contributed by atoms with Gasteiger partial charge in [0.15, 0.2) is 0 Å². The van der Waals surface area contributed by atoms with E-state index < -0.39 is 5.97 Å². The van der Waals surface area contributed by atoms with Gasteiger partial charge < -0.3 is 10.4 Å². The Morgan fingerprint density at radius 3 is 2.84 bits per heavy atom. The van der Waals surface area contributed by atoms with Crippen LogP contribution in [0.4, 0.5) is 5.82 Å². The number of rotatable bonds is 4. The molecule has 0 aliphatic rings. The first-order chi connectivity index (χ1) is 8.97. The maximum atomic E-state index is 11.0. The van der Waals surface area contributed by atoms with E-state index in [1.165, 1.54) is 22.0 Å². The van der Waals surface area contributed by atoms with Gasteiger partial charge in [-0.25, -0.2) is 9.78 Å². The summed E-state index contributed by atoms with van der Waals surface area (Å²) in [4.78, 5) is 17.5. The highest BCUT2D eigenvalue weighted by Gasteiger charge is 2.13. The minimum Gasteiger partial charge on any atom is -0.478 e. The van der Waals surface area contributed by atoms with Crippen molar-refractivity contribution in [1.29, 1.82) is 0 Å². The van der Waals surface area contributed by atoms with Crippen LogP contribution in [0.15, 0.2) is 24.4 Å². The zero-order valence-corrected chi connectivity index (χ0v) is 12.0. The molecule has 0 aliphatic carbocycles. The van der Waals surface area contributed by atoms with E-state index in [0.717, 1.165) is 0 Å². The van der Waals surface area contributed by atoms with Crippen LogP contribution < -0.4 is 5.32 Å². The van der Waals surface area contributed by atoms with Gasteiger partial charge in [0.2, 0.25) is 0 Å². The topological polar surface area (TPSA) is 62.2 Å². The van der Waals surface area contributed by atoms with Gasteiger partial charge in [-0.2, -0.15) is 0 Å². The van der Waals surface area contributed by atoms with E-state index >= 15 is 0 Å². The molecule has 2 N–H and O–H groups in total. The smallest absolute Gasteiger partial charge is 0.337 e. The number of halogens is 1. The van der Waals surface area contributed by atoms with Gasteiger partial charge in [0.25, 0.3) is 0 Å². The Morgan fingerprint density at radius 1 is 1.53 bits per heavy atom. The first kappa shape index (κ1) is 13.8. The Balaban J connectivity index is 2.19. The number of carboxylic acids is 1. The Hall–Kier alpha value is -1.59. The molecular formula is C13H13ClN2O2S. The van der Waals surface area contributed by atoms with Gasteiger partial charge in [0.1, 0.15) is 5.82 Å². The van der Waals surface area contributed by atoms with Crippen LogP contribution >= 0.6 is 22.9 Å². The van der Waals surface area contributed by atoms with Crippen molar-refractivity contribution in [2.75, 3.05) is 5.32 Å². The normalized spacial score (nSPS) is 12.2.